The van der Waals surface area contributed by atoms with Gasteiger partial charge in [-0.2, -0.15) is 0 Å². The molecule has 106 valence electrons. The third-order valence-electron chi connectivity index (χ3n) is 2.93. The Kier molecular flexibility index (Phi) is 4.83. The molecule has 0 heterocycles. The fourth-order valence-electron chi connectivity index (χ4n) is 2.43. The topological polar surface area (TPSA) is 35.5 Å². The Bertz CT molecular complexity index is 296. The van der Waals surface area contributed by atoms with Gasteiger partial charge in [-0.15, -0.1) is 0 Å². The smallest absolute Gasteiger partial charge is 0.323 e. The van der Waals surface area contributed by atoms with Gasteiger partial charge in [0.1, 0.15) is 0 Å². The molecule has 0 aromatic carbocycles. The second-order valence-electron chi connectivity index (χ2n) is 7.27. The first-order valence-electron chi connectivity index (χ1n) is 6.98. The quantitative estimate of drug-likeness (QED) is 0.736. The summed E-state index contributed by atoms with van der Waals surface area (Å²) in [7, 11) is -3.58. The number of carbonyl (C=O) groups excluding carboxylic acids is 1. The molecule has 0 radical (unpaired) electrons. The van der Waals surface area contributed by atoms with Gasteiger partial charge in [-0.25, -0.2) is 0 Å². The highest BCUT2D eigenvalue weighted by Gasteiger charge is 2.46. The van der Waals surface area contributed by atoms with Crippen LogP contribution in [-0.4, -0.2) is 28.2 Å². The predicted molar refractivity (Wildman–Crippen MR) is 79.7 cm³/mol. The Labute approximate surface area is 114 Å². The van der Waals surface area contributed by atoms with Gasteiger partial charge in [0.2, 0.25) is 8.32 Å². The molecule has 0 aliphatic heterocycles. The minimum atomic E-state index is -1.84. The van der Waals surface area contributed by atoms with Gasteiger partial charge < -0.3 is 8.85 Å². The summed E-state index contributed by atoms with van der Waals surface area (Å²) in [5.74, 6) is -0.0937. The van der Waals surface area contributed by atoms with E-state index in [1.807, 2.05) is 0 Å². The minimum Gasteiger partial charge on any atom is -0.518 e. The first-order chi connectivity index (χ1) is 8.04. The molecular weight excluding hydrogens is 260 g/mol. The Balaban J connectivity index is 2.86. The lowest BCUT2D eigenvalue weighted by Crippen LogP contribution is -2.53. The molecule has 0 bridgehead atoms. The number of carbonyl (C=O) groups is 1. The first-order valence-corrected chi connectivity index (χ1v) is 13.8. The summed E-state index contributed by atoms with van der Waals surface area (Å²) in [6.07, 6.45) is 5.02. The van der Waals surface area contributed by atoms with Crippen LogP contribution in [-0.2, 0) is 13.6 Å². The van der Waals surface area contributed by atoms with Crippen LogP contribution in [0.2, 0.25) is 39.3 Å². The van der Waals surface area contributed by atoms with Gasteiger partial charge in [0, 0.05) is 0 Å². The summed E-state index contributed by atoms with van der Waals surface area (Å²) in [6, 6.07) is 0. The molecule has 1 fully saturated rings. The molecule has 0 amide bonds. The molecule has 1 aliphatic carbocycles. The molecule has 0 N–H and O–H groups in total. The van der Waals surface area contributed by atoms with Crippen LogP contribution in [0.3, 0.4) is 0 Å². The maximum absolute atomic E-state index is 12.5. The van der Waals surface area contributed by atoms with Gasteiger partial charge in [-0.1, -0.05) is 19.3 Å². The highest BCUT2D eigenvalue weighted by molar-refractivity contribution is 6.71. The van der Waals surface area contributed by atoms with Gasteiger partial charge in [0.05, 0.1) is 0 Å². The number of hydrogen-bond donors (Lipinski definition) is 0. The lowest BCUT2D eigenvalue weighted by molar-refractivity contribution is -0.157. The van der Waals surface area contributed by atoms with Crippen molar-refractivity contribution in [3.63, 3.8) is 0 Å². The van der Waals surface area contributed by atoms with Gasteiger partial charge in [-0.3, -0.25) is 4.79 Å². The SMILES string of the molecule is C[Si](C)(C)OC(=O)C1(O[Si](C)(C)C)CCCCC1. The van der Waals surface area contributed by atoms with Crippen molar-refractivity contribution in [1.82, 2.24) is 0 Å². The lowest BCUT2D eigenvalue weighted by atomic mass is 9.85. The van der Waals surface area contributed by atoms with Crippen molar-refractivity contribution in [2.45, 2.75) is 77.0 Å². The van der Waals surface area contributed by atoms with Crippen LogP contribution in [0.25, 0.3) is 0 Å². The zero-order chi connectivity index (χ0) is 14.0. The van der Waals surface area contributed by atoms with Gasteiger partial charge in [-0.05, 0) is 52.1 Å². The molecule has 0 aromatic rings. The monoisotopic (exact) mass is 288 g/mol. The highest BCUT2D eigenvalue weighted by Crippen LogP contribution is 2.36. The number of hydrogen-bond acceptors (Lipinski definition) is 3. The maximum atomic E-state index is 12.5. The zero-order valence-electron chi connectivity index (χ0n) is 12.8. The van der Waals surface area contributed by atoms with E-state index in [2.05, 4.69) is 39.3 Å². The van der Waals surface area contributed by atoms with Crippen LogP contribution < -0.4 is 0 Å². The Morgan fingerprint density at radius 2 is 1.39 bits per heavy atom. The van der Waals surface area contributed by atoms with E-state index in [4.69, 9.17) is 8.85 Å². The van der Waals surface area contributed by atoms with E-state index in [-0.39, 0.29) is 5.97 Å². The van der Waals surface area contributed by atoms with E-state index in [0.717, 1.165) is 25.7 Å². The molecule has 0 unspecified atom stereocenters. The van der Waals surface area contributed by atoms with Crippen LogP contribution in [0.1, 0.15) is 32.1 Å². The fraction of sp³-hybridized carbons (Fsp3) is 0.923. The van der Waals surface area contributed by atoms with Crippen molar-refractivity contribution in [3.05, 3.63) is 0 Å². The van der Waals surface area contributed by atoms with Crippen molar-refractivity contribution in [3.8, 4) is 0 Å². The average molecular weight is 289 g/mol. The first kappa shape index (κ1) is 15.9. The summed E-state index contributed by atoms with van der Waals surface area (Å²) < 4.78 is 12.0. The second kappa shape index (κ2) is 5.47. The lowest BCUT2D eigenvalue weighted by Gasteiger charge is -2.41. The summed E-state index contributed by atoms with van der Waals surface area (Å²) in [5, 5.41) is 0. The molecule has 0 saturated heterocycles. The molecular formula is C13H28O3Si2. The van der Waals surface area contributed by atoms with E-state index in [9.17, 15) is 4.79 Å². The van der Waals surface area contributed by atoms with E-state index < -0.39 is 22.2 Å². The zero-order valence-corrected chi connectivity index (χ0v) is 14.8. The molecule has 5 heteroatoms. The van der Waals surface area contributed by atoms with Crippen LogP contribution >= 0.6 is 0 Å². The van der Waals surface area contributed by atoms with Crippen LogP contribution in [0.15, 0.2) is 0 Å². The second-order valence-corrected chi connectivity index (χ2v) is 16.1. The standard InChI is InChI=1S/C13H28O3Si2/c1-17(2,3)15-12(14)13(16-18(4,5)6)10-8-7-9-11-13/h7-11H2,1-6H3. The Morgan fingerprint density at radius 1 is 0.889 bits per heavy atom. The maximum Gasteiger partial charge on any atom is 0.323 e. The molecule has 0 spiro atoms. The van der Waals surface area contributed by atoms with Crippen LogP contribution in [0.4, 0.5) is 0 Å². The molecule has 18 heavy (non-hydrogen) atoms. The third-order valence-corrected chi connectivity index (χ3v) is 4.73. The molecule has 1 aliphatic rings. The fourth-order valence-corrected chi connectivity index (χ4v) is 4.63. The summed E-state index contributed by atoms with van der Waals surface area (Å²) >= 11 is 0. The highest BCUT2D eigenvalue weighted by atomic mass is 28.4. The van der Waals surface area contributed by atoms with Crippen LogP contribution in [0, 0.1) is 0 Å². The van der Waals surface area contributed by atoms with Crippen LogP contribution in [0.5, 0.6) is 0 Å². The summed E-state index contributed by atoms with van der Waals surface area (Å²) in [4.78, 5) is 12.5. The minimum absolute atomic E-state index is 0.0937. The predicted octanol–water partition coefficient (Wildman–Crippen LogP) is 3.92. The molecule has 1 saturated carbocycles. The molecule has 0 aromatic heterocycles. The van der Waals surface area contributed by atoms with Gasteiger partial charge in [0.15, 0.2) is 13.9 Å². The normalized spacial score (nSPS) is 20.6. The summed E-state index contributed by atoms with van der Waals surface area (Å²) in [5.41, 5.74) is -0.636. The summed E-state index contributed by atoms with van der Waals surface area (Å²) in [6.45, 7) is 12.6. The van der Waals surface area contributed by atoms with E-state index in [0.29, 0.717) is 0 Å². The van der Waals surface area contributed by atoms with E-state index in [1.165, 1.54) is 6.42 Å². The van der Waals surface area contributed by atoms with E-state index >= 15 is 0 Å². The third kappa shape index (κ3) is 4.86. The van der Waals surface area contributed by atoms with E-state index in [1.54, 1.807) is 0 Å². The average Bonchev–Trinajstić information content (AvgIpc) is 2.13. The largest absolute Gasteiger partial charge is 0.518 e. The van der Waals surface area contributed by atoms with Crippen molar-refractivity contribution in [1.29, 1.82) is 0 Å². The van der Waals surface area contributed by atoms with Gasteiger partial charge >= 0.3 is 5.97 Å². The van der Waals surface area contributed by atoms with Crippen molar-refractivity contribution >= 4 is 22.6 Å². The molecule has 0 atom stereocenters. The Hall–Kier alpha value is -0.136. The van der Waals surface area contributed by atoms with Crippen molar-refractivity contribution in [2.24, 2.45) is 0 Å². The molecule has 3 nitrogen and oxygen atoms in total. The Morgan fingerprint density at radius 3 is 1.78 bits per heavy atom. The van der Waals surface area contributed by atoms with Gasteiger partial charge in [0.25, 0.3) is 0 Å². The molecule has 1 rings (SSSR count). The number of rotatable bonds is 4. The van der Waals surface area contributed by atoms with Crippen molar-refractivity contribution in [2.75, 3.05) is 0 Å². The van der Waals surface area contributed by atoms with Crippen molar-refractivity contribution < 1.29 is 13.6 Å².